The van der Waals surface area contributed by atoms with E-state index in [1.54, 1.807) is 18.2 Å². The van der Waals surface area contributed by atoms with Gasteiger partial charge in [0.25, 0.3) is 0 Å². The molecule has 2 N–H and O–H groups in total. The molecule has 0 bridgehead atoms. The molecule has 0 unspecified atom stereocenters. The number of ether oxygens (including phenoxy) is 1. The highest BCUT2D eigenvalue weighted by Gasteiger charge is 2.16. The summed E-state index contributed by atoms with van der Waals surface area (Å²) < 4.78 is 5.39. The minimum Gasteiger partial charge on any atom is -0.495 e. The van der Waals surface area contributed by atoms with Crippen molar-refractivity contribution >= 4 is 29.3 Å². The second-order valence-electron chi connectivity index (χ2n) is 4.94. The minimum absolute atomic E-state index is 0.297. The summed E-state index contributed by atoms with van der Waals surface area (Å²) in [6, 6.07) is 4.95. The number of benzene rings is 1. The first-order valence-electron chi connectivity index (χ1n) is 7.47. The number of carbonyl (C=O) groups excluding carboxylic acids is 1. The van der Waals surface area contributed by atoms with Crippen LogP contribution in [0.15, 0.2) is 17.7 Å². The molecule has 128 valence electrons. The number of hydrogen-bond donors (Lipinski definition) is 2. The standard InChI is InChI=1S/C17H21N3O4/c1-5-20(6-2)15-9-14(19-11(3)21)12(8-16(15)24-4)7-13(10-18)17(22)23/h7-9H,5-6H2,1-4H3,(H,19,21)(H,22,23)/b13-7+. The highest BCUT2D eigenvalue weighted by atomic mass is 16.5. The third-order valence-corrected chi connectivity index (χ3v) is 3.42. The van der Waals surface area contributed by atoms with Crippen LogP contribution in [0.1, 0.15) is 26.3 Å². The Labute approximate surface area is 141 Å². The van der Waals surface area contributed by atoms with E-state index in [0.717, 1.165) is 18.8 Å². The number of anilines is 2. The van der Waals surface area contributed by atoms with Crippen molar-refractivity contribution in [3.63, 3.8) is 0 Å². The van der Waals surface area contributed by atoms with Crippen molar-refractivity contribution in [1.82, 2.24) is 0 Å². The molecule has 7 heteroatoms. The molecular weight excluding hydrogens is 310 g/mol. The fraction of sp³-hybridized carbons (Fsp3) is 0.353. The summed E-state index contributed by atoms with van der Waals surface area (Å²) >= 11 is 0. The number of nitrogens with zero attached hydrogens (tertiary/aromatic N) is 2. The summed E-state index contributed by atoms with van der Waals surface area (Å²) in [5.41, 5.74) is 1.15. The van der Waals surface area contributed by atoms with Crippen LogP contribution in [0.2, 0.25) is 0 Å². The zero-order valence-corrected chi connectivity index (χ0v) is 14.2. The van der Waals surface area contributed by atoms with E-state index in [9.17, 15) is 9.59 Å². The molecule has 0 heterocycles. The lowest BCUT2D eigenvalue weighted by Gasteiger charge is -2.25. The van der Waals surface area contributed by atoms with Crippen molar-refractivity contribution in [1.29, 1.82) is 5.26 Å². The van der Waals surface area contributed by atoms with Gasteiger partial charge >= 0.3 is 5.97 Å². The number of hydrogen-bond acceptors (Lipinski definition) is 5. The maximum absolute atomic E-state index is 11.5. The number of carboxylic acid groups (broad SMARTS) is 1. The molecule has 1 rings (SSSR count). The van der Waals surface area contributed by atoms with Gasteiger partial charge in [0.1, 0.15) is 17.4 Å². The molecule has 0 aliphatic carbocycles. The van der Waals surface area contributed by atoms with E-state index < -0.39 is 11.5 Å². The van der Waals surface area contributed by atoms with Crippen molar-refractivity contribution < 1.29 is 19.4 Å². The summed E-state index contributed by atoms with van der Waals surface area (Å²) in [5, 5.41) is 20.7. The van der Waals surface area contributed by atoms with Crippen molar-refractivity contribution in [2.45, 2.75) is 20.8 Å². The third-order valence-electron chi connectivity index (χ3n) is 3.42. The van der Waals surface area contributed by atoms with Crippen molar-refractivity contribution in [2.24, 2.45) is 0 Å². The Hall–Kier alpha value is -3.01. The molecule has 0 fully saturated rings. The van der Waals surface area contributed by atoms with Gasteiger partial charge in [-0.1, -0.05) is 0 Å². The quantitative estimate of drug-likeness (QED) is 0.588. The Morgan fingerprint density at radius 1 is 1.38 bits per heavy atom. The van der Waals surface area contributed by atoms with Gasteiger partial charge in [-0.25, -0.2) is 4.79 Å². The van der Waals surface area contributed by atoms with Crippen LogP contribution in [0.3, 0.4) is 0 Å². The Balaban J connectivity index is 3.60. The van der Waals surface area contributed by atoms with E-state index in [2.05, 4.69) is 5.32 Å². The molecule has 1 aromatic rings. The number of nitriles is 1. The molecule has 1 amide bonds. The van der Waals surface area contributed by atoms with E-state index >= 15 is 0 Å². The van der Waals surface area contributed by atoms with E-state index in [-0.39, 0.29) is 5.91 Å². The molecular formula is C17H21N3O4. The fourth-order valence-electron chi connectivity index (χ4n) is 2.27. The monoisotopic (exact) mass is 331 g/mol. The fourth-order valence-corrected chi connectivity index (χ4v) is 2.27. The first kappa shape index (κ1) is 19.0. The Bertz CT molecular complexity index is 701. The van der Waals surface area contributed by atoms with Gasteiger partial charge in [0.15, 0.2) is 0 Å². The van der Waals surface area contributed by atoms with Crippen LogP contribution >= 0.6 is 0 Å². The van der Waals surface area contributed by atoms with Gasteiger partial charge in [-0.3, -0.25) is 4.79 Å². The van der Waals surface area contributed by atoms with Gasteiger partial charge in [-0.15, -0.1) is 0 Å². The van der Waals surface area contributed by atoms with Crippen LogP contribution in [-0.4, -0.2) is 37.2 Å². The maximum atomic E-state index is 11.5. The molecule has 24 heavy (non-hydrogen) atoms. The second-order valence-corrected chi connectivity index (χ2v) is 4.94. The largest absolute Gasteiger partial charge is 0.495 e. The van der Waals surface area contributed by atoms with Crippen LogP contribution in [0.4, 0.5) is 11.4 Å². The average Bonchev–Trinajstić information content (AvgIpc) is 2.54. The number of rotatable bonds is 7. The number of aliphatic carboxylic acids is 1. The summed E-state index contributed by atoms with van der Waals surface area (Å²) in [4.78, 5) is 24.6. The minimum atomic E-state index is -1.34. The first-order valence-corrected chi connectivity index (χ1v) is 7.47. The Kier molecular flexibility index (Phi) is 6.80. The molecule has 0 atom stereocenters. The molecule has 0 spiro atoms. The molecule has 0 saturated heterocycles. The predicted octanol–water partition coefficient (Wildman–Crippen LogP) is 2.49. The molecule has 7 nitrogen and oxygen atoms in total. The van der Waals surface area contributed by atoms with Gasteiger partial charge in [-0.2, -0.15) is 5.26 Å². The van der Waals surface area contributed by atoms with E-state index in [0.29, 0.717) is 17.0 Å². The van der Waals surface area contributed by atoms with Crippen molar-refractivity contribution in [2.75, 3.05) is 30.4 Å². The molecule has 0 aromatic heterocycles. The van der Waals surface area contributed by atoms with Crippen LogP contribution in [-0.2, 0) is 9.59 Å². The van der Waals surface area contributed by atoms with Crippen molar-refractivity contribution in [3.05, 3.63) is 23.3 Å². The number of amides is 1. The molecule has 0 saturated carbocycles. The molecule has 0 radical (unpaired) electrons. The van der Waals surface area contributed by atoms with E-state index in [1.165, 1.54) is 20.1 Å². The SMILES string of the molecule is CCN(CC)c1cc(NC(C)=O)c(/C=C(\C#N)C(=O)O)cc1OC. The number of nitrogens with one attached hydrogen (secondary N) is 1. The summed E-state index contributed by atoms with van der Waals surface area (Å²) in [6.45, 7) is 6.82. The Morgan fingerprint density at radius 2 is 2.00 bits per heavy atom. The van der Waals surface area contributed by atoms with Gasteiger partial charge in [0.2, 0.25) is 5.91 Å². The predicted molar refractivity (Wildman–Crippen MR) is 92.1 cm³/mol. The van der Waals surface area contributed by atoms with Crippen LogP contribution in [0.25, 0.3) is 6.08 Å². The Morgan fingerprint density at radius 3 is 2.42 bits per heavy atom. The van der Waals surface area contributed by atoms with E-state index in [1.807, 2.05) is 18.7 Å². The highest BCUT2D eigenvalue weighted by molar-refractivity contribution is 5.99. The smallest absolute Gasteiger partial charge is 0.346 e. The molecule has 0 aliphatic heterocycles. The lowest BCUT2D eigenvalue weighted by molar-refractivity contribution is -0.132. The number of carbonyl (C=O) groups is 2. The van der Waals surface area contributed by atoms with E-state index in [4.69, 9.17) is 15.1 Å². The van der Waals surface area contributed by atoms with Crippen LogP contribution in [0, 0.1) is 11.3 Å². The third kappa shape index (κ3) is 4.49. The maximum Gasteiger partial charge on any atom is 0.346 e. The zero-order valence-electron chi connectivity index (χ0n) is 14.2. The molecule has 1 aromatic carbocycles. The summed E-state index contributed by atoms with van der Waals surface area (Å²) in [7, 11) is 1.51. The molecule has 0 aliphatic rings. The zero-order chi connectivity index (χ0) is 18.3. The first-order chi connectivity index (χ1) is 11.4. The highest BCUT2D eigenvalue weighted by Crippen LogP contribution is 2.35. The summed E-state index contributed by atoms with van der Waals surface area (Å²) in [5.74, 6) is -1.10. The summed E-state index contributed by atoms with van der Waals surface area (Å²) in [6.07, 6.45) is 1.21. The topological polar surface area (TPSA) is 103 Å². The van der Waals surface area contributed by atoms with Crippen LogP contribution in [0.5, 0.6) is 5.75 Å². The van der Waals surface area contributed by atoms with Gasteiger partial charge < -0.3 is 20.1 Å². The van der Waals surface area contributed by atoms with Crippen LogP contribution < -0.4 is 15.0 Å². The van der Waals surface area contributed by atoms with Gasteiger partial charge in [-0.05, 0) is 32.1 Å². The normalized spacial score (nSPS) is 10.7. The number of methoxy groups -OCH3 is 1. The van der Waals surface area contributed by atoms with Gasteiger partial charge in [0.05, 0.1) is 18.5 Å². The average molecular weight is 331 g/mol. The lowest BCUT2D eigenvalue weighted by Crippen LogP contribution is -2.23. The lowest BCUT2D eigenvalue weighted by atomic mass is 10.1. The second kappa shape index (κ2) is 8.58. The van der Waals surface area contributed by atoms with Crippen molar-refractivity contribution in [3.8, 4) is 11.8 Å². The van der Waals surface area contributed by atoms with Gasteiger partial charge in [0, 0.05) is 25.6 Å². The number of carboxylic acids is 1.